The fourth-order valence-electron chi connectivity index (χ4n) is 2.30. The molecule has 0 atom stereocenters. The molecule has 2 N–H and O–H groups in total. The molecule has 8 heteroatoms. The molecule has 0 saturated carbocycles. The first-order chi connectivity index (χ1) is 12.0. The van der Waals surface area contributed by atoms with Gasteiger partial charge in [-0.2, -0.15) is 5.10 Å². The maximum atomic E-state index is 11.6. The van der Waals surface area contributed by atoms with E-state index in [2.05, 4.69) is 15.2 Å². The van der Waals surface area contributed by atoms with E-state index in [1.54, 1.807) is 48.8 Å². The van der Waals surface area contributed by atoms with E-state index in [9.17, 15) is 13.5 Å². The number of hydrogen-bond acceptors (Lipinski definition) is 6. The molecule has 0 aliphatic rings. The van der Waals surface area contributed by atoms with E-state index >= 15 is 0 Å². The van der Waals surface area contributed by atoms with Gasteiger partial charge in [-0.1, -0.05) is 12.1 Å². The van der Waals surface area contributed by atoms with Gasteiger partial charge in [0.15, 0.2) is 9.84 Å². The van der Waals surface area contributed by atoms with Gasteiger partial charge in [-0.3, -0.25) is 10.1 Å². The second-order valence-electron chi connectivity index (χ2n) is 5.52. The summed E-state index contributed by atoms with van der Waals surface area (Å²) in [6.45, 7) is 0.110. The maximum absolute atomic E-state index is 11.6. The highest BCUT2D eigenvalue weighted by Crippen LogP contribution is 2.21. The zero-order valence-electron chi connectivity index (χ0n) is 13.5. The predicted octanol–water partition coefficient (Wildman–Crippen LogP) is 1.95. The lowest BCUT2D eigenvalue weighted by Gasteiger charge is -2.08. The van der Waals surface area contributed by atoms with Crippen molar-refractivity contribution in [1.29, 1.82) is 0 Å². The Morgan fingerprint density at radius 1 is 1.20 bits per heavy atom. The molecule has 0 saturated heterocycles. The lowest BCUT2D eigenvalue weighted by atomic mass is 10.2. The Morgan fingerprint density at radius 3 is 2.72 bits per heavy atom. The van der Waals surface area contributed by atoms with E-state index in [0.29, 0.717) is 22.7 Å². The van der Waals surface area contributed by atoms with E-state index in [1.807, 2.05) is 0 Å². The SMILES string of the molecule is CS(=O)(=O)c1cccc(COc2ccc(-c3[nH]ncc3CO)nc2)c1. The maximum Gasteiger partial charge on any atom is 0.175 e. The van der Waals surface area contributed by atoms with Crippen LogP contribution in [0.15, 0.2) is 53.7 Å². The zero-order chi connectivity index (χ0) is 17.9. The van der Waals surface area contributed by atoms with Gasteiger partial charge in [-0.15, -0.1) is 0 Å². The van der Waals surface area contributed by atoms with Gasteiger partial charge in [0.1, 0.15) is 12.4 Å². The van der Waals surface area contributed by atoms with Crippen LogP contribution in [0.25, 0.3) is 11.4 Å². The van der Waals surface area contributed by atoms with E-state index in [4.69, 9.17) is 4.74 Å². The van der Waals surface area contributed by atoms with Gasteiger partial charge in [-0.05, 0) is 29.8 Å². The van der Waals surface area contributed by atoms with Crippen LogP contribution < -0.4 is 4.74 Å². The summed E-state index contributed by atoms with van der Waals surface area (Å²) < 4.78 is 28.8. The first-order valence-electron chi connectivity index (χ1n) is 7.48. The van der Waals surface area contributed by atoms with Crippen molar-refractivity contribution in [2.75, 3.05) is 6.26 Å². The third-order valence-corrected chi connectivity index (χ3v) is 4.72. The third kappa shape index (κ3) is 4.04. The summed E-state index contributed by atoms with van der Waals surface area (Å²) in [5.41, 5.74) is 2.73. The van der Waals surface area contributed by atoms with Crippen LogP contribution in [0.4, 0.5) is 0 Å². The fraction of sp³-hybridized carbons (Fsp3) is 0.176. The first kappa shape index (κ1) is 17.1. The van der Waals surface area contributed by atoms with Crippen molar-refractivity contribution in [3.05, 3.63) is 59.9 Å². The van der Waals surface area contributed by atoms with Crippen LogP contribution in [0.1, 0.15) is 11.1 Å². The van der Waals surface area contributed by atoms with Crippen molar-refractivity contribution in [3.8, 4) is 17.1 Å². The average molecular weight is 359 g/mol. The molecule has 130 valence electrons. The molecule has 0 unspecified atom stereocenters. The largest absolute Gasteiger partial charge is 0.487 e. The van der Waals surface area contributed by atoms with E-state index in [1.165, 1.54) is 6.26 Å². The second kappa shape index (κ2) is 7.04. The lowest BCUT2D eigenvalue weighted by Crippen LogP contribution is -2.00. The third-order valence-electron chi connectivity index (χ3n) is 3.61. The number of ether oxygens (including phenoxy) is 1. The lowest BCUT2D eigenvalue weighted by molar-refractivity contribution is 0.282. The predicted molar refractivity (Wildman–Crippen MR) is 91.6 cm³/mol. The zero-order valence-corrected chi connectivity index (χ0v) is 14.3. The number of H-pyrrole nitrogens is 1. The minimum Gasteiger partial charge on any atom is -0.487 e. The van der Waals surface area contributed by atoms with E-state index < -0.39 is 9.84 Å². The van der Waals surface area contributed by atoms with Crippen LogP contribution in [-0.2, 0) is 23.1 Å². The topological polar surface area (TPSA) is 105 Å². The summed E-state index contributed by atoms with van der Waals surface area (Å²) >= 11 is 0. The number of nitrogens with one attached hydrogen (secondary N) is 1. The van der Waals surface area contributed by atoms with Gasteiger partial charge in [-0.25, -0.2) is 8.42 Å². The molecule has 2 heterocycles. The summed E-state index contributed by atoms with van der Waals surface area (Å²) in [6.07, 6.45) is 4.29. The van der Waals surface area contributed by atoms with Crippen LogP contribution in [0.2, 0.25) is 0 Å². The molecule has 0 amide bonds. The molecule has 3 aromatic rings. The number of aromatic nitrogens is 3. The molecule has 0 bridgehead atoms. The monoisotopic (exact) mass is 359 g/mol. The molecule has 1 aromatic carbocycles. The normalized spacial score (nSPS) is 11.4. The Hall–Kier alpha value is -2.71. The average Bonchev–Trinajstić information content (AvgIpc) is 3.09. The quantitative estimate of drug-likeness (QED) is 0.697. The number of aliphatic hydroxyl groups excluding tert-OH is 1. The van der Waals surface area contributed by atoms with Gasteiger partial charge >= 0.3 is 0 Å². The minimum absolute atomic E-state index is 0.123. The van der Waals surface area contributed by atoms with E-state index in [-0.39, 0.29) is 18.1 Å². The van der Waals surface area contributed by atoms with Gasteiger partial charge in [0.2, 0.25) is 0 Å². The van der Waals surface area contributed by atoms with Gasteiger partial charge < -0.3 is 9.84 Å². The number of aliphatic hydroxyl groups is 1. The molecule has 0 aliphatic carbocycles. The summed E-state index contributed by atoms with van der Waals surface area (Å²) in [4.78, 5) is 4.56. The van der Waals surface area contributed by atoms with Crippen molar-refractivity contribution in [2.45, 2.75) is 18.1 Å². The number of sulfone groups is 1. The minimum atomic E-state index is -3.24. The molecule has 2 aromatic heterocycles. The molecule has 0 fully saturated rings. The highest BCUT2D eigenvalue weighted by Gasteiger charge is 2.09. The number of aromatic amines is 1. The first-order valence-corrected chi connectivity index (χ1v) is 9.38. The Kier molecular flexibility index (Phi) is 4.82. The van der Waals surface area contributed by atoms with Crippen molar-refractivity contribution >= 4 is 9.84 Å². The highest BCUT2D eigenvalue weighted by molar-refractivity contribution is 7.90. The molecule has 25 heavy (non-hydrogen) atoms. The standard InChI is InChI=1S/C17H17N3O4S/c1-25(22,23)15-4-2-3-12(7-15)11-24-14-5-6-16(18-9-14)17-13(10-21)8-19-20-17/h2-9,21H,10-11H2,1H3,(H,19,20). The molecule has 0 aliphatic heterocycles. The summed E-state index contributed by atoms with van der Waals surface area (Å²) in [5.74, 6) is 0.554. The van der Waals surface area contributed by atoms with Crippen LogP contribution in [0, 0.1) is 0 Å². The van der Waals surface area contributed by atoms with Crippen LogP contribution in [-0.4, -0.2) is 35.0 Å². The van der Waals surface area contributed by atoms with E-state index in [0.717, 1.165) is 5.56 Å². The summed E-state index contributed by atoms with van der Waals surface area (Å²) in [6, 6.07) is 10.1. The fourth-order valence-corrected chi connectivity index (χ4v) is 2.99. The number of hydrogen-bond donors (Lipinski definition) is 2. The van der Waals surface area contributed by atoms with Crippen LogP contribution in [0.5, 0.6) is 5.75 Å². The van der Waals surface area contributed by atoms with Gasteiger partial charge in [0, 0.05) is 11.8 Å². The molecular weight excluding hydrogens is 342 g/mol. The van der Waals surface area contributed by atoms with Crippen molar-refractivity contribution in [3.63, 3.8) is 0 Å². The number of rotatable bonds is 6. The Labute approximate surface area is 145 Å². The Morgan fingerprint density at radius 2 is 2.04 bits per heavy atom. The number of pyridine rings is 1. The summed E-state index contributed by atoms with van der Waals surface area (Å²) in [7, 11) is -3.24. The smallest absolute Gasteiger partial charge is 0.175 e. The Bertz CT molecular complexity index is 966. The highest BCUT2D eigenvalue weighted by atomic mass is 32.2. The molecule has 0 spiro atoms. The molecule has 0 radical (unpaired) electrons. The Balaban J connectivity index is 1.70. The van der Waals surface area contributed by atoms with Crippen molar-refractivity contribution in [2.24, 2.45) is 0 Å². The molecule has 3 rings (SSSR count). The summed E-state index contributed by atoms with van der Waals surface area (Å²) in [5, 5.41) is 15.9. The molecule has 7 nitrogen and oxygen atoms in total. The van der Waals surface area contributed by atoms with Gasteiger partial charge in [0.25, 0.3) is 0 Å². The van der Waals surface area contributed by atoms with Crippen molar-refractivity contribution < 1.29 is 18.3 Å². The van der Waals surface area contributed by atoms with Crippen molar-refractivity contribution in [1.82, 2.24) is 15.2 Å². The number of benzene rings is 1. The van der Waals surface area contributed by atoms with Crippen LogP contribution in [0.3, 0.4) is 0 Å². The van der Waals surface area contributed by atoms with Gasteiger partial charge in [0.05, 0.1) is 35.3 Å². The molecular formula is C17H17N3O4S. The second-order valence-corrected chi connectivity index (χ2v) is 7.53. The van der Waals surface area contributed by atoms with Crippen LogP contribution >= 0.6 is 0 Å². The number of nitrogens with zero attached hydrogens (tertiary/aromatic N) is 2.